The van der Waals surface area contributed by atoms with E-state index in [1.807, 2.05) is 13.0 Å². The molecule has 1 saturated heterocycles. The van der Waals surface area contributed by atoms with Crippen molar-refractivity contribution >= 4 is 11.8 Å². The average Bonchev–Trinajstić information content (AvgIpc) is 3.39. The van der Waals surface area contributed by atoms with Crippen LogP contribution in [0.25, 0.3) is 0 Å². The maximum absolute atomic E-state index is 11.9. The zero-order valence-electron chi connectivity index (χ0n) is 13.2. The minimum Gasteiger partial charge on any atom is -0.353 e. The molecule has 1 aliphatic carbocycles. The van der Waals surface area contributed by atoms with E-state index in [1.165, 1.54) is 0 Å². The van der Waals surface area contributed by atoms with Gasteiger partial charge in [-0.15, -0.1) is 0 Å². The van der Waals surface area contributed by atoms with Crippen molar-refractivity contribution in [1.82, 2.24) is 19.9 Å². The zero-order chi connectivity index (χ0) is 15.8. The molecule has 2 aromatic heterocycles. The van der Waals surface area contributed by atoms with Gasteiger partial charge in [0.15, 0.2) is 0 Å². The summed E-state index contributed by atoms with van der Waals surface area (Å²) in [4.78, 5) is 32.4. The Morgan fingerprint density at radius 2 is 1.87 bits per heavy atom. The van der Waals surface area contributed by atoms with E-state index >= 15 is 0 Å². The van der Waals surface area contributed by atoms with E-state index in [1.54, 1.807) is 12.3 Å². The fourth-order valence-corrected chi connectivity index (χ4v) is 2.97. The summed E-state index contributed by atoms with van der Waals surface area (Å²) >= 11 is 0. The number of piperazine rings is 1. The highest BCUT2D eigenvalue weighted by molar-refractivity contribution is 5.42. The number of rotatable bonds is 3. The van der Waals surface area contributed by atoms with Crippen LogP contribution in [0.5, 0.6) is 0 Å². The lowest BCUT2D eigenvalue weighted by molar-refractivity contribution is 0.630. The molecular weight excluding hydrogens is 292 g/mol. The number of nitrogens with zero attached hydrogens (tertiary/aromatic N) is 5. The number of H-pyrrole nitrogens is 1. The molecule has 0 unspecified atom stereocenters. The molecule has 0 radical (unpaired) electrons. The Labute approximate surface area is 134 Å². The van der Waals surface area contributed by atoms with Crippen LogP contribution in [0.2, 0.25) is 0 Å². The average molecular weight is 312 g/mol. The lowest BCUT2D eigenvalue weighted by Crippen LogP contribution is -2.47. The molecule has 0 spiro atoms. The van der Waals surface area contributed by atoms with E-state index in [0.29, 0.717) is 11.9 Å². The van der Waals surface area contributed by atoms with Gasteiger partial charge in [0, 0.05) is 44.4 Å². The number of anilines is 2. The summed E-state index contributed by atoms with van der Waals surface area (Å²) in [5.41, 5.74) is 0.892. The molecule has 2 aromatic rings. The van der Waals surface area contributed by atoms with E-state index < -0.39 is 0 Å². The van der Waals surface area contributed by atoms with Gasteiger partial charge >= 0.3 is 0 Å². The van der Waals surface area contributed by atoms with Crippen LogP contribution in [0, 0.1) is 6.92 Å². The van der Waals surface area contributed by atoms with Gasteiger partial charge in [-0.3, -0.25) is 9.78 Å². The topological polar surface area (TPSA) is 78.0 Å². The molecule has 120 valence electrons. The molecule has 0 atom stereocenters. The first kappa shape index (κ1) is 14.2. The third kappa shape index (κ3) is 3.04. The monoisotopic (exact) mass is 312 g/mol. The summed E-state index contributed by atoms with van der Waals surface area (Å²) in [6, 6.07) is 3.58. The van der Waals surface area contributed by atoms with Crippen molar-refractivity contribution in [2.45, 2.75) is 25.7 Å². The lowest BCUT2D eigenvalue weighted by atomic mass is 10.3. The van der Waals surface area contributed by atoms with Crippen LogP contribution in [-0.4, -0.2) is 46.1 Å². The molecule has 7 nitrogen and oxygen atoms in total. The van der Waals surface area contributed by atoms with Gasteiger partial charge in [-0.25, -0.2) is 15.0 Å². The maximum atomic E-state index is 11.9. The summed E-state index contributed by atoms with van der Waals surface area (Å²) in [6.07, 6.45) is 4.09. The fraction of sp³-hybridized carbons (Fsp3) is 0.500. The van der Waals surface area contributed by atoms with Crippen molar-refractivity contribution in [2.24, 2.45) is 0 Å². The van der Waals surface area contributed by atoms with Gasteiger partial charge in [-0.05, 0) is 25.8 Å². The third-order valence-electron chi connectivity index (χ3n) is 4.41. The first-order valence-electron chi connectivity index (χ1n) is 8.10. The fourth-order valence-electron chi connectivity index (χ4n) is 2.97. The summed E-state index contributed by atoms with van der Waals surface area (Å²) in [7, 11) is 0. The highest BCUT2D eigenvalue weighted by Gasteiger charge is 2.27. The summed E-state index contributed by atoms with van der Waals surface area (Å²) in [6.45, 7) is 5.25. The van der Waals surface area contributed by atoms with Crippen molar-refractivity contribution in [2.75, 3.05) is 36.0 Å². The summed E-state index contributed by atoms with van der Waals surface area (Å²) in [5, 5.41) is 0. The highest BCUT2D eigenvalue weighted by atomic mass is 16.1. The van der Waals surface area contributed by atoms with Crippen LogP contribution in [-0.2, 0) is 0 Å². The van der Waals surface area contributed by atoms with E-state index in [-0.39, 0.29) is 5.56 Å². The van der Waals surface area contributed by atoms with Gasteiger partial charge in [0.25, 0.3) is 5.56 Å². The minimum absolute atomic E-state index is 0.0502. The van der Waals surface area contributed by atoms with Crippen molar-refractivity contribution in [3.8, 4) is 0 Å². The molecule has 1 saturated carbocycles. The quantitative estimate of drug-likeness (QED) is 0.913. The molecule has 2 fully saturated rings. The van der Waals surface area contributed by atoms with Gasteiger partial charge in [-0.2, -0.15) is 0 Å². The van der Waals surface area contributed by atoms with Gasteiger partial charge in [0.1, 0.15) is 11.6 Å². The predicted octanol–water partition coefficient (Wildman–Crippen LogP) is 1.07. The number of hydrogen-bond donors (Lipinski definition) is 1. The number of hydrogen-bond acceptors (Lipinski definition) is 6. The molecule has 1 N–H and O–H groups in total. The Morgan fingerprint density at radius 3 is 2.57 bits per heavy atom. The zero-order valence-corrected chi connectivity index (χ0v) is 13.2. The molecule has 0 amide bonds. The Hall–Kier alpha value is -2.44. The predicted molar refractivity (Wildman–Crippen MR) is 88.0 cm³/mol. The van der Waals surface area contributed by atoms with Crippen molar-refractivity contribution in [3.05, 3.63) is 40.2 Å². The number of aryl methyl sites for hydroxylation is 1. The molecule has 3 heterocycles. The minimum atomic E-state index is -0.0502. The van der Waals surface area contributed by atoms with Crippen LogP contribution in [0.15, 0.2) is 23.1 Å². The second-order valence-corrected chi connectivity index (χ2v) is 6.20. The number of aromatic amines is 1. The second-order valence-electron chi connectivity index (χ2n) is 6.20. The summed E-state index contributed by atoms with van der Waals surface area (Å²) < 4.78 is 0. The molecule has 1 aliphatic heterocycles. The van der Waals surface area contributed by atoms with Crippen molar-refractivity contribution < 1.29 is 0 Å². The van der Waals surface area contributed by atoms with Gasteiger partial charge in [0.2, 0.25) is 5.95 Å². The molecule has 7 heteroatoms. The van der Waals surface area contributed by atoms with E-state index in [2.05, 4.69) is 29.7 Å². The third-order valence-corrected chi connectivity index (χ3v) is 4.41. The van der Waals surface area contributed by atoms with E-state index in [9.17, 15) is 4.79 Å². The molecule has 23 heavy (non-hydrogen) atoms. The molecule has 2 aliphatic rings. The highest BCUT2D eigenvalue weighted by Crippen LogP contribution is 2.38. The van der Waals surface area contributed by atoms with Crippen LogP contribution in [0.1, 0.15) is 30.3 Å². The smallest absolute Gasteiger partial charge is 0.252 e. The van der Waals surface area contributed by atoms with E-state index in [4.69, 9.17) is 0 Å². The van der Waals surface area contributed by atoms with Crippen LogP contribution >= 0.6 is 0 Å². The standard InChI is InChI=1S/C16H20N6O/c1-11-17-5-4-14(18-11)21-6-8-22(9-7-21)16-19-13(12-2-3-12)10-15(23)20-16/h4-5,10,12H,2-3,6-9H2,1H3,(H,19,20,23). The largest absolute Gasteiger partial charge is 0.353 e. The molecular formula is C16H20N6O. The van der Waals surface area contributed by atoms with Crippen molar-refractivity contribution in [1.29, 1.82) is 0 Å². The Bertz CT molecular complexity index is 761. The maximum Gasteiger partial charge on any atom is 0.252 e. The second kappa shape index (κ2) is 5.64. The van der Waals surface area contributed by atoms with Crippen LogP contribution in [0.3, 0.4) is 0 Å². The SMILES string of the molecule is Cc1nccc(N2CCN(c3nc(C4CC4)cc(=O)[nH]3)CC2)n1. The Balaban J connectivity index is 1.48. The molecule has 0 bridgehead atoms. The molecule has 4 rings (SSSR count). The van der Waals surface area contributed by atoms with Gasteiger partial charge in [0.05, 0.1) is 5.69 Å². The number of aromatic nitrogens is 4. The van der Waals surface area contributed by atoms with Crippen molar-refractivity contribution in [3.63, 3.8) is 0 Å². The van der Waals surface area contributed by atoms with Crippen LogP contribution < -0.4 is 15.4 Å². The Kier molecular flexibility index (Phi) is 3.48. The van der Waals surface area contributed by atoms with Gasteiger partial charge < -0.3 is 9.80 Å². The lowest BCUT2D eigenvalue weighted by Gasteiger charge is -2.35. The Morgan fingerprint density at radius 1 is 1.13 bits per heavy atom. The van der Waals surface area contributed by atoms with Gasteiger partial charge in [-0.1, -0.05) is 0 Å². The normalized spacial score (nSPS) is 18.3. The van der Waals surface area contributed by atoms with E-state index in [0.717, 1.165) is 56.4 Å². The molecule has 0 aromatic carbocycles. The number of nitrogens with one attached hydrogen (secondary N) is 1. The summed E-state index contributed by atoms with van der Waals surface area (Å²) in [5.74, 6) is 2.94. The first-order chi connectivity index (χ1) is 11.2. The first-order valence-corrected chi connectivity index (χ1v) is 8.10. The van der Waals surface area contributed by atoms with Crippen LogP contribution in [0.4, 0.5) is 11.8 Å².